The standard InChI is InChI=1S/C13H25N3O2/c1-4-5-6-12(17)11-15-7-9-16(10-8-15)13(18)14(2)3/h4,12,17H,1,5-11H2,2-3H3. The summed E-state index contributed by atoms with van der Waals surface area (Å²) in [6, 6.07) is 0.0712. The van der Waals surface area contributed by atoms with Gasteiger partial charge in [-0.05, 0) is 12.8 Å². The first-order valence-corrected chi connectivity index (χ1v) is 6.52. The molecule has 1 saturated heterocycles. The van der Waals surface area contributed by atoms with Crippen LogP contribution in [0.4, 0.5) is 4.79 Å². The van der Waals surface area contributed by atoms with Crippen molar-refractivity contribution in [2.24, 2.45) is 0 Å². The Morgan fingerprint density at radius 3 is 2.50 bits per heavy atom. The monoisotopic (exact) mass is 255 g/mol. The van der Waals surface area contributed by atoms with Crippen molar-refractivity contribution in [2.75, 3.05) is 46.8 Å². The van der Waals surface area contributed by atoms with Crippen LogP contribution in [-0.4, -0.2) is 78.8 Å². The number of nitrogens with zero attached hydrogens (tertiary/aromatic N) is 3. The summed E-state index contributed by atoms with van der Waals surface area (Å²) < 4.78 is 0. The molecular weight excluding hydrogens is 230 g/mol. The van der Waals surface area contributed by atoms with Gasteiger partial charge in [0.1, 0.15) is 0 Å². The van der Waals surface area contributed by atoms with Crippen molar-refractivity contribution >= 4 is 6.03 Å². The van der Waals surface area contributed by atoms with E-state index in [1.807, 2.05) is 11.0 Å². The van der Waals surface area contributed by atoms with Crippen molar-refractivity contribution in [1.82, 2.24) is 14.7 Å². The number of carbonyl (C=O) groups excluding carboxylic acids is 1. The average molecular weight is 255 g/mol. The fraction of sp³-hybridized carbons (Fsp3) is 0.769. The number of aliphatic hydroxyl groups excluding tert-OH is 1. The summed E-state index contributed by atoms with van der Waals surface area (Å²) in [6.07, 6.45) is 3.15. The van der Waals surface area contributed by atoms with Crippen LogP contribution in [0.5, 0.6) is 0 Å². The van der Waals surface area contributed by atoms with E-state index in [4.69, 9.17) is 0 Å². The quantitative estimate of drug-likeness (QED) is 0.732. The molecule has 0 saturated carbocycles. The lowest BCUT2D eigenvalue weighted by Gasteiger charge is -2.36. The van der Waals surface area contributed by atoms with Crippen molar-refractivity contribution in [3.63, 3.8) is 0 Å². The molecule has 0 spiro atoms. The minimum atomic E-state index is -0.292. The summed E-state index contributed by atoms with van der Waals surface area (Å²) in [4.78, 5) is 17.4. The number of carbonyl (C=O) groups is 1. The number of piperazine rings is 1. The lowest BCUT2D eigenvalue weighted by Crippen LogP contribution is -2.52. The molecule has 1 aliphatic heterocycles. The number of hydrogen-bond acceptors (Lipinski definition) is 3. The maximum atomic E-state index is 11.7. The topological polar surface area (TPSA) is 47.0 Å². The van der Waals surface area contributed by atoms with Gasteiger partial charge >= 0.3 is 6.03 Å². The van der Waals surface area contributed by atoms with Crippen LogP contribution >= 0.6 is 0 Å². The Balaban J connectivity index is 2.26. The summed E-state index contributed by atoms with van der Waals surface area (Å²) in [6.45, 7) is 7.50. The Kier molecular flexibility index (Phi) is 6.15. The van der Waals surface area contributed by atoms with E-state index in [0.717, 1.165) is 39.0 Å². The smallest absolute Gasteiger partial charge is 0.319 e. The highest BCUT2D eigenvalue weighted by atomic mass is 16.3. The van der Waals surface area contributed by atoms with E-state index in [1.54, 1.807) is 19.0 Å². The minimum Gasteiger partial charge on any atom is -0.392 e. The van der Waals surface area contributed by atoms with Crippen LogP contribution < -0.4 is 0 Å². The molecule has 1 rings (SSSR count). The van der Waals surface area contributed by atoms with Gasteiger partial charge in [0.25, 0.3) is 0 Å². The first kappa shape index (κ1) is 15.0. The number of urea groups is 1. The van der Waals surface area contributed by atoms with Gasteiger partial charge < -0.3 is 14.9 Å². The zero-order chi connectivity index (χ0) is 13.5. The van der Waals surface area contributed by atoms with Gasteiger partial charge in [-0.15, -0.1) is 6.58 Å². The molecule has 1 fully saturated rings. The maximum absolute atomic E-state index is 11.7. The summed E-state index contributed by atoms with van der Waals surface area (Å²) in [5.74, 6) is 0. The third kappa shape index (κ3) is 4.66. The van der Waals surface area contributed by atoms with Gasteiger partial charge in [0.2, 0.25) is 0 Å². The van der Waals surface area contributed by atoms with Crippen molar-refractivity contribution in [3.05, 3.63) is 12.7 Å². The molecule has 0 aromatic carbocycles. The second kappa shape index (κ2) is 7.38. The summed E-state index contributed by atoms with van der Waals surface area (Å²) >= 11 is 0. The molecule has 1 atom stereocenters. The van der Waals surface area contributed by atoms with Crippen LogP contribution in [0.2, 0.25) is 0 Å². The minimum absolute atomic E-state index is 0.0712. The van der Waals surface area contributed by atoms with Crippen LogP contribution in [0.1, 0.15) is 12.8 Å². The highest BCUT2D eigenvalue weighted by Crippen LogP contribution is 2.07. The summed E-state index contributed by atoms with van der Waals surface area (Å²) in [7, 11) is 3.54. The number of aliphatic hydroxyl groups is 1. The predicted octanol–water partition coefficient (Wildman–Crippen LogP) is 0.613. The molecule has 18 heavy (non-hydrogen) atoms. The fourth-order valence-electron chi connectivity index (χ4n) is 2.10. The van der Waals surface area contributed by atoms with Gasteiger partial charge in [-0.1, -0.05) is 6.08 Å². The second-order valence-corrected chi connectivity index (χ2v) is 4.98. The van der Waals surface area contributed by atoms with Crippen LogP contribution in [0.15, 0.2) is 12.7 Å². The third-order valence-electron chi connectivity index (χ3n) is 3.20. The van der Waals surface area contributed by atoms with Gasteiger partial charge in [-0.25, -0.2) is 4.79 Å². The lowest BCUT2D eigenvalue weighted by atomic mass is 10.1. The zero-order valence-corrected chi connectivity index (χ0v) is 11.5. The molecule has 0 aliphatic carbocycles. The van der Waals surface area contributed by atoms with Crippen molar-refractivity contribution in [3.8, 4) is 0 Å². The lowest BCUT2D eigenvalue weighted by molar-refractivity contribution is 0.0729. The number of allylic oxidation sites excluding steroid dienone is 1. The van der Waals surface area contributed by atoms with E-state index < -0.39 is 0 Å². The second-order valence-electron chi connectivity index (χ2n) is 4.98. The van der Waals surface area contributed by atoms with Crippen LogP contribution in [0, 0.1) is 0 Å². The van der Waals surface area contributed by atoms with Gasteiger partial charge in [0.05, 0.1) is 6.10 Å². The van der Waals surface area contributed by atoms with Gasteiger partial charge in [0.15, 0.2) is 0 Å². The Hall–Kier alpha value is -1.07. The normalized spacial score (nSPS) is 18.5. The highest BCUT2D eigenvalue weighted by Gasteiger charge is 2.23. The number of hydrogen-bond donors (Lipinski definition) is 1. The molecule has 0 aromatic heterocycles. The number of rotatable bonds is 5. The van der Waals surface area contributed by atoms with Crippen LogP contribution in [-0.2, 0) is 0 Å². The number of β-amino-alcohol motifs (C(OH)–C–C–N with tert-alkyl or cyclic N) is 1. The van der Waals surface area contributed by atoms with Crippen LogP contribution in [0.3, 0.4) is 0 Å². The van der Waals surface area contributed by atoms with Gasteiger partial charge in [-0.2, -0.15) is 0 Å². The largest absolute Gasteiger partial charge is 0.392 e. The van der Waals surface area contributed by atoms with E-state index in [2.05, 4.69) is 11.5 Å². The Labute approximate surface area is 110 Å². The molecule has 0 radical (unpaired) electrons. The SMILES string of the molecule is C=CCCC(O)CN1CCN(C(=O)N(C)C)CC1. The van der Waals surface area contributed by atoms with E-state index in [-0.39, 0.29) is 12.1 Å². The molecule has 5 heteroatoms. The van der Waals surface area contributed by atoms with E-state index in [0.29, 0.717) is 6.54 Å². The fourth-order valence-corrected chi connectivity index (χ4v) is 2.10. The molecule has 1 heterocycles. The zero-order valence-electron chi connectivity index (χ0n) is 11.5. The molecular formula is C13H25N3O2. The van der Waals surface area contributed by atoms with E-state index in [1.165, 1.54) is 0 Å². The highest BCUT2D eigenvalue weighted by molar-refractivity contribution is 5.73. The van der Waals surface area contributed by atoms with Crippen molar-refractivity contribution in [1.29, 1.82) is 0 Å². The molecule has 1 unspecified atom stereocenters. The van der Waals surface area contributed by atoms with Gasteiger partial charge in [-0.3, -0.25) is 4.90 Å². The average Bonchev–Trinajstić information content (AvgIpc) is 2.36. The van der Waals surface area contributed by atoms with Gasteiger partial charge in [0, 0.05) is 46.8 Å². The van der Waals surface area contributed by atoms with Crippen molar-refractivity contribution in [2.45, 2.75) is 18.9 Å². The maximum Gasteiger partial charge on any atom is 0.319 e. The van der Waals surface area contributed by atoms with Crippen molar-refractivity contribution < 1.29 is 9.90 Å². The summed E-state index contributed by atoms with van der Waals surface area (Å²) in [5.41, 5.74) is 0. The third-order valence-corrected chi connectivity index (χ3v) is 3.20. The Morgan fingerprint density at radius 2 is 2.00 bits per heavy atom. The Morgan fingerprint density at radius 1 is 1.39 bits per heavy atom. The molecule has 1 aliphatic rings. The predicted molar refractivity (Wildman–Crippen MR) is 72.5 cm³/mol. The molecule has 0 bridgehead atoms. The van der Waals surface area contributed by atoms with Crippen LogP contribution in [0.25, 0.3) is 0 Å². The molecule has 104 valence electrons. The molecule has 1 N–H and O–H groups in total. The number of amides is 2. The van der Waals surface area contributed by atoms with E-state index >= 15 is 0 Å². The summed E-state index contributed by atoms with van der Waals surface area (Å²) in [5, 5.41) is 9.82. The first-order valence-electron chi connectivity index (χ1n) is 6.52. The molecule has 5 nitrogen and oxygen atoms in total. The Bertz CT molecular complexity index is 273. The van der Waals surface area contributed by atoms with E-state index in [9.17, 15) is 9.90 Å². The first-order chi connectivity index (χ1) is 8.54. The molecule has 2 amide bonds. The molecule has 0 aromatic rings.